The predicted octanol–water partition coefficient (Wildman–Crippen LogP) is 5.21. The molecule has 1 aromatic carbocycles. The summed E-state index contributed by atoms with van der Waals surface area (Å²) < 4.78 is 44.8. The first-order valence-corrected chi connectivity index (χ1v) is 8.89. The van der Waals surface area contributed by atoms with Gasteiger partial charge in [0.15, 0.2) is 0 Å². The van der Waals surface area contributed by atoms with Crippen LogP contribution in [0.3, 0.4) is 0 Å². The highest BCUT2D eigenvalue weighted by atomic mass is 19.4. The number of anilines is 1. The maximum atomic E-state index is 13.0. The first kappa shape index (κ1) is 20.4. The summed E-state index contributed by atoms with van der Waals surface area (Å²) in [4.78, 5) is 16.2. The number of amides is 2. The lowest BCUT2D eigenvalue weighted by molar-refractivity contribution is -0.138. The predicted molar refractivity (Wildman–Crippen MR) is 103 cm³/mol. The molecule has 0 spiro atoms. The van der Waals surface area contributed by atoms with Crippen LogP contribution in [0.15, 0.2) is 66.7 Å². The Kier molecular flexibility index (Phi) is 5.63. The van der Waals surface area contributed by atoms with Crippen molar-refractivity contribution in [2.75, 3.05) is 5.32 Å². The van der Waals surface area contributed by atoms with E-state index in [1.165, 1.54) is 19.1 Å². The second-order valence-corrected chi connectivity index (χ2v) is 6.95. The molecule has 1 unspecified atom stereocenters. The highest BCUT2D eigenvalue weighted by Gasteiger charge is 2.33. The number of benzene rings is 1. The number of carbonyl (C=O) groups is 1. The molecule has 2 N–H and O–H groups in total. The van der Waals surface area contributed by atoms with Gasteiger partial charge < -0.3 is 15.4 Å². The fourth-order valence-corrected chi connectivity index (χ4v) is 2.85. The highest BCUT2D eigenvalue weighted by molar-refractivity contribution is 5.90. The molecular formula is C21H20F3N3O2. The minimum absolute atomic E-state index is 0.0704. The van der Waals surface area contributed by atoms with Crippen molar-refractivity contribution in [3.63, 3.8) is 0 Å². The number of rotatable bonds is 4. The van der Waals surface area contributed by atoms with Crippen LogP contribution in [-0.2, 0) is 6.18 Å². The Hall–Kier alpha value is -3.29. The lowest BCUT2D eigenvalue weighted by atomic mass is 9.93. The number of hydrogen-bond acceptors (Lipinski definition) is 3. The summed E-state index contributed by atoms with van der Waals surface area (Å²) in [5.41, 5.74) is -1.31. The van der Waals surface area contributed by atoms with Gasteiger partial charge >= 0.3 is 12.2 Å². The van der Waals surface area contributed by atoms with Gasteiger partial charge in [-0.25, -0.2) is 4.79 Å². The summed E-state index contributed by atoms with van der Waals surface area (Å²) in [7, 11) is 0. The quantitative estimate of drug-likeness (QED) is 0.737. The van der Waals surface area contributed by atoms with E-state index in [4.69, 9.17) is 4.74 Å². The van der Waals surface area contributed by atoms with E-state index in [1.54, 1.807) is 43.6 Å². The lowest BCUT2D eigenvalue weighted by Gasteiger charge is -2.29. The summed E-state index contributed by atoms with van der Waals surface area (Å²) >= 11 is 0. The second kappa shape index (κ2) is 7.98. The largest absolute Gasteiger partial charge is 0.458 e. The van der Waals surface area contributed by atoms with Gasteiger partial charge in [0, 0.05) is 18.1 Å². The number of carbonyl (C=O) groups excluding carboxylic acids is 1. The van der Waals surface area contributed by atoms with E-state index in [9.17, 15) is 18.0 Å². The van der Waals surface area contributed by atoms with Crippen LogP contribution in [0, 0.1) is 6.92 Å². The van der Waals surface area contributed by atoms with E-state index >= 15 is 0 Å². The molecule has 2 amide bonds. The van der Waals surface area contributed by atoms with Crippen LogP contribution in [0.2, 0.25) is 0 Å². The SMILES string of the molecule is Cc1ccc(NC(=O)NC2(C)C=CC(Oc3ccncc3)=CC2)cc1C(F)(F)F. The Balaban J connectivity index is 1.61. The van der Waals surface area contributed by atoms with Gasteiger partial charge in [-0.05, 0) is 62.2 Å². The van der Waals surface area contributed by atoms with Crippen LogP contribution >= 0.6 is 0 Å². The summed E-state index contributed by atoms with van der Waals surface area (Å²) in [5, 5.41) is 5.24. The molecule has 1 aliphatic carbocycles. The van der Waals surface area contributed by atoms with E-state index in [0.29, 0.717) is 17.9 Å². The molecule has 0 aliphatic heterocycles. The first-order valence-electron chi connectivity index (χ1n) is 8.89. The molecule has 1 aliphatic rings. The van der Waals surface area contributed by atoms with Crippen LogP contribution in [0.1, 0.15) is 24.5 Å². The number of halogens is 3. The van der Waals surface area contributed by atoms with Crippen molar-refractivity contribution in [1.29, 1.82) is 0 Å². The van der Waals surface area contributed by atoms with E-state index in [0.717, 1.165) is 6.07 Å². The number of allylic oxidation sites excluding steroid dienone is 1. The fraction of sp³-hybridized carbons (Fsp3) is 0.238. The van der Waals surface area contributed by atoms with Gasteiger partial charge in [0.25, 0.3) is 0 Å². The van der Waals surface area contributed by atoms with E-state index in [1.807, 2.05) is 6.08 Å². The van der Waals surface area contributed by atoms with Crippen LogP contribution in [0.4, 0.5) is 23.7 Å². The number of hydrogen-bond donors (Lipinski definition) is 2. The zero-order valence-corrected chi connectivity index (χ0v) is 15.9. The van der Waals surface area contributed by atoms with Gasteiger partial charge in [-0.3, -0.25) is 4.98 Å². The number of alkyl halides is 3. The number of nitrogens with zero attached hydrogens (tertiary/aromatic N) is 1. The molecule has 152 valence electrons. The zero-order valence-electron chi connectivity index (χ0n) is 15.9. The van der Waals surface area contributed by atoms with Crippen molar-refractivity contribution >= 4 is 11.7 Å². The average molecular weight is 403 g/mol. The number of ether oxygens (including phenoxy) is 1. The highest BCUT2D eigenvalue weighted by Crippen LogP contribution is 2.33. The molecule has 1 atom stereocenters. The molecule has 3 rings (SSSR count). The second-order valence-electron chi connectivity index (χ2n) is 6.95. The molecule has 2 aromatic rings. The molecule has 1 heterocycles. The van der Waals surface area contributed by atoms with Crippen molar-refractivity contribution in [3.05, 3.63) is 77.8 Å². The Labute approximate surface area is 166 Å². The number of nitrogens with one attached hydrogen (secondary N) is 2. The Morgan fingerprint density at radius 1 is 1.21 bits per heavy atom. The van der Waals surface area contributed by atoms with Gasteiger partial charge in [-0.2, -0.15) is 13.2 Å². The van der Waals surface area contributed by atoms with Gasteiger partial charge in [0.1, 0.15) is 11.5 Å². The third-order valence-corrected chi connectivity index (χ3v) is 4.43. The van der Waals surface area contributed by atoms with Crippen molar-refractivity contribution < 1.29 is 22.7 Å². The molecule has 1 aromatic heterocycles. The van der Waals surface area contributed by atoms with Crippen molar-refractivity contribution in [1.82, 2.24) is 10.3 Å². The number of aromatic nitrogens is 1. The third-order valence-electron chi connectivity index (χ3n) is 4.43. The van der Waals surface area contributed by atoms with Gasteiger partial charge in [0.2, 0.25) is 0 Å². The molecule has 8 heteroatoms. The summed E-state index contributed by atoms with van der Waals surface area (Å²) in [5.74, 6) is 1.27. The molecule has 5 nitrogen and oxygen atoms in total. The van der Waals surface area contributed by atoms with Crippen LogP contribution in [-0.4, -0.2) is 16.6 Å². The summed E-state index contributed by atoms with van der Waals surface area (Å²) in [6, 6.07) is 6.54. The average Bonchev–Trinajstić information content (AvgIpc) is 2.65. The van der Waals surface area contributed by atoms with Gasteiger partial charge in [0.05, 0.1) is 11.1 Å². The number of urea groups is 1. The molecule has 0 saturated heterocycles. The van der Waals surface area contributed by atoms with Crippen molar-refractivity contribution in [3.8, 4) is 5.75 Å². The van der Waals surface area contributed by atoms with E-state index in [-0.39, 0.29) is 11.3 Å². The Bertz CT molecular complexity index is 955. The number of pyridine rings is 1. The smallest absolute Gasteiger partial charge is 0.416 e. The maximum absolute atomic E-state index is 13.0. The third kappa shape index (κ3) is 5.37. The molecule has 29 heavy (non-hydrogen) atoms. The van der Waals surface area contributed by atoms with Crippen molar-refractivity contribution in [2.24, 2.45) is 0 Å². The molecule has 0 bridgehead atoms. The first-order chi connectivity index (χ1) is 13.6. The van der Waals surface area contributed by atoms with E-state index < -0.39 is 23.3 Å². The van der Waals surface area contributed by atoms with Gasteiger partial charge in [-0.15, -0.1) is 0 Å². The lowest BCUT2D eigenvalue weighted by Crippen LogP contribution is -2.47. The summed E-state index contributed by atoms with van der Waals surface area (Å²) in [6.45, 7) is 3.18. The van der Waals surface area contributed by atoms with Crippen LogP contribution in [0.25, 0.3) is 0 Å². The van der Waals surface area contributed by atoms with Gasteiger partial charge in [-0.1, -0.05) is 12.1 Å². The van der Waals surface area contributed by atoms with Crippen LogP contribution < -0.4 is 15.4 Å². The number of aryl methyl sites for hydroxylation is 1. The normalized spacial score (nSPS) is 18.7. The minimum atomic E-state index is -4.48. The topological polar surface area (TPSA) is 63.2 Å². The Morgan fingerprint density at radius 2 is 1.93 bits per heavy atom. The molecular weight excluding hydrogens is 383 g/mol. The standard InChI is InChI=1S/C21H20F3N3O2/c1-14-3-4-15(13-18(14)21(22,23)24)26-19(28)27-20(2)9-5-16(6-10-20)29-17-7-11-25-12-8-17/h3-9,11-13H,10H2,1-2H3,(H2,26,27,28). The molecule has 0 radical (unpaired) electrons. The zero-order chi connectivity index (χ0) is 21.1. The fourth-order valence-electron chi connectivity index (χ4n) is 2.85. The minimum Gasteiger partial charge on any atom is -0.458 e. The molecule has 0 fully saturated rings. The monoisotopic (exact) mass is 403 g/mol. The summed E-state index contributed by atoms with van der Waals surface area (Å²) in [6.07, 6.45) is 4.55. The van der Waals surface area contributed by atoms with Crippen molar-refractivity contribution in [2.45, 2.75) is 32.0 Å². The Morgan fingerprint density at radius 3 is 2.55 bits per heavy atom. The van der Waals surface area contributed by atoms with Crippen LogP contribution in [0.5, 0.6) is 5.75 Å². The molecule has 0 saturated carbocycles. The maximum Gasteiger partial charge on any atom is 0.416 e. The van der Waals surface area contributed by atoms with E-state index in [2.05, 4.69) is 15.6 Å².